The van der Waals surface area contributed by atoms with E-state index in [0.29, 0.717) is 22.6 Å². The summed E-state index contributed by atoms with van der Waals surface area (Å²) in [6, 6.07) is 46.4. The first kappa shape index (κ1) is 46.7. The third-order valence-corrected chi connectivity index (χ3v) is 15.0. The molecule has 0 amide bonds. The zero-order valence-electron chi connectivity index (χ0n) is 39.0. The number of nitrogens with zero attached hydrogens (tertiary/aromatic N) is 3. The van der Waals surface area contributed by atoms with Gasteiger partial charge in [-0.05, 0) is 107 Å². The molecule has 1 fully saturated rings. The molecule has 13 heteroatoms. The molecule has 1 N–H and O–H groups in total. The van der Waals surface area contributed by atoms with Crippen molar-refractivity contribution in [2.45, 2.75) is 76.7 Å². The van der Waals surface area contributed by atoms with Gasteiger partial charge < -0.3 is 28.0 Å². The van der Waals surface area contributed by atoms with E-state index in [1.165, 1.54) is 4.57 Å². The summed E-state index contributed by atoms with van der Waals surface area (Å²) < 4.78 is 42.7. The summed E-state index contributed by atoms with van der Waals surface area (Å²) in [4.78, 5) is 30.7. The number of nitriles is 1. The van der Waals surface area contributed by atoms with Crippen LogP contribution in [0.25, 0.3) is 43.4 Å². The van der Waals surface area contributed by atoms with Crippen molar-refractivity contribution in [1.82, 2.24) is 14.2 Å². The molecule has 68 heavy (non-hydrogen) atoms. The fraction of sp³-hybridized carbons (Fsp3) is 0.291. The van der Waals surface area contributed by atoms with Crippen LogP contribution in [0.15, 0.2) is 149 Å². The summed E-state index contributed by atoms with van der Waals surface area (Å²) in [7, 11) is 1.52. The van der Waals surface area contributed by atoms with Crippen LogP contribution in [0.2, 0.25) is 0 Å². The smallest absolute Gasteiger partial charge is 0.330 e. The molecule has 7 aromatic carbocycles. The van der Waals surface area contributed by atoms with E-state index in [9.17, 15) is 14.9 Å². The minimum Gasteiger partial charge on any atom is -0.497 e. The van der Waals surface area contributed by atoms with Gasteiger partial charge in [0.15, 0.2) is 0 Å². The summed E-state index contributed by atoms with van der Waals surface area (Å²) in [5.74, 6) is 1.39. The van der Waals surface area contributed by atoms with Crippen LogP contribution in [0, 0.1) is 11.3 Å². The van der Waals surface area contributed by atoms with Gasteiger partial charge in [-0.3, -0.25) is 14.3 Å². The second kappa shape index (κ2) is 20.0. The molecule has 2 heterocycles. The molecule has 1 aliphatic rings. The number of aromatic amines is 1. The number of nitrogens with one attached hydrogen (secondary N) is 1. The second-order valence-corrected chi connectivity index (χ2v) is 19.0. The van der Waals surface area contributed by atoms with Crippen LogP contribution >= 0.6 is 8.53 Å². The third-order valence-electron chi connectivity index (χ3n) is 12.8. The van der Waals surface area contributed by atoms with Crippen molar-refractivity contribution >= 4 is 40.8 Å². The van der Waals surface area contributed by atoms with Crippen molar-refractivity contribution in [3.05, 3.63) is 177 Å². The highest BCUT2D eigenvalue weighted by Crippen LogP contribution is 2.51. The number of aromatic nitrogens is 2. The van der Waals surface area contributed by atoms with Crippen LogP contribution in [0.5, 0.6) is 11.5 Å². The van der Waals surface area contributed by atoms with E-state index in [2.05, 4.69) is 73.8 Å². The summed E-state index contributed by atoms with van der Waals surface area (Å²) in [5, 5.41) is 15.9. The Balaban J connectivity index is 1.15. The first-order chi connectivity index (χ1) is 33.0. The highest BCUT2D eigenvalue weighted by atomic mass is 31.2. The Morgan fingerprint density at radius 2 is 1.34 bits per heavy atom. The van der Waals surface area contributed by atoms with E-state index >= 15 is 0 Å². The SMILES string of the molecule is COc1ccc(C(OC[C@H]2O[C@@H](n3cc(-c4ccc5ccc6cccc7ccc4c5c67)c(=O)[nH]c3=O)C[C@@H]2OP(OCCC#N)N(C(C)C)C(C)C)(c2ccccc2)c2ccc(OC)cc2)cc1. The predicted octanol–water partition coefficient (Wildman–Crippen LogP) is 11.1. The molecule has 1 aromatic heterocycles. The molecule has 9 rings (SSSR count). The molecule has 0 spiro atoms. The topological polar surface area (TPSA) is 137 Å². The molecule has 1 saturated heterocycles. The van der Waals surface area contributed by atoms with E-state index in [1.54, 1.807) is 20.4 Å². The van der Waals surface area contributed by atoms with E-state index in [0.717, 1.165) is 49.0 Å². The van der Waals surface area contributed by atoms with Crippen LogP contribution in [0.4, 0.5) is 0 Å². The molecular weight excluding hydrogens is 876 g/mol. The molecule has 348 valence electrons. The average molecular weight is 931 g/mol. The maximum atomic E-state index is 14.1. The van der Waals surface area contributed by atoms with Crippen molar-refractivity contribution in [1.29, 1.82) is 5.26 Å². The summed E-state index contributed by atoms with van der Waals surface area (Å²) in [6.45, 7) is 8.50. The molecule has 4 atom stereocenters. The normalized spacial score (nSPS) is 16.9. The molecule has 0 saturated carbocycles. The number of ether oxygens (including phenoxy) is 4. The van der Waals surface area contributed by atoms with Crippen molar-refractivity contribution in [2.24, 2.45) is 0 Å². The summed E-state index contributed by atoms with van der Waals surface area (Å²) in [5.41, 5.74) is 1.27. The van der Waals surface area contributed by atoms with E-state index < -0.39 is 43.8 Å². The summed E-state index contributed by atoms with van der Waals surface area (Å²) in [6.07, 6.45) is -0.308. The van der Waals surface area contributed by atoms with Crippen molar-refractivity contribution in [2.75, 3.05) is 27.4 Å². The Kier molecular flexibility index (Phi) is 13.8. The van der Waals surface area contributed by atoms with Gasteiger partial charge in [0.1, 0.15) is 29.4 Å². The maximum absolute atomic E-state index is 14.1. The van der Waals surface area contributed by atoms with E-state index in [-0.39, 0.29) is 38.1 Å². The van der Waals surface area contributed by atoms with Gasteiger partial charge in [-0.1, -0.05) is 109 Å². The molecule has 12 nitrogen and oxygen atoms in total. The standard InChI is InChI=1S/C55H55N4O8P/c1-35(2)59(36(3)4)68(65-31-11-30-56)67-48-32-50(58-33-47(53(60)57-54(58)61)45-28-18-39-17-16-37-12-10-13-38-19-29-46(45)52(39)51(37)38)66-49(48)34-64-55(40-14-8-7-9-15-40,41-20-24-43(62-5)25-21-41)42-22-26-44(63-6)27-23-42/h7-10,12-29,33,35-36,48-50H,11,31-32,34H2,1-6H3,(H,57,60,61)/t48-,49+,50+,68?/m0/s1. The molecule has 0 radical (unpaired) electrons. The maximum Gasteiger partial charge on any atom is 0.330 e. The monoisotopic (exact) mass is 930 g/mol. The lowest BCUT2D eigenvalue weighted by Crippen LogP contribution is -2.39. The van der Waals surface area contributed by atoms with Crippen LogP contribution in [0.1, 0.15) is 63.5 Å². The van der Waals surface area contributed by atoms with Gasteiger partial charge in [0.05, 0.1) is 51.6 Å². The first-order valence-electron chi connectivity index (χ1n) is 23.0. The fourth-order valence-electron chi connectivity index (χ4n) is 9.68. The van der Waals surface area contributed by atoms with Gasteiger partial charge in [-0.2, -0.15) is 5.26 Å². The number of hydrogen-bond donors (Lipinski definition) is 1. The van der Waals surface area contributed by atoms with Gasteiger partial charge in [-0.25, -0.2) is 9.46 Å². The van der Waals surface area contributed by atoms with Crippen LogP contribution < -0.4 is 20.7 Å². The Morgan fingerprint density at radius 1 is 0.750 bits per heavy atom. The van der Waals surface area contributed by atoms with Crippen molar-refractivity contribution < 1.29 is 28.0 Å². The second-order valence-electron chi connectivity index (χ2n) is 17.5. The number of hydrogen-bond acceptors (Lipinski definition) is 10. The van der Waals surface area contributed by atoms with Crippen molar-refractivity contribution in [3.63, 3.8) is 0 Å². The van der Waals surface area contributed by atoms with Gasteiger partial charge in [0, 0.05) is 24.7 Å². The molecule has 8 aromatic rings. The largest absolute Gasteiger partial charge is 0.497 e. The zero-order chi connectivity index (χ0) is 47.5. The number of H-pyrrole nitrogens is 1. The highest BCUT2D eigenvalue weighted by molar-refractivity contribution is 7.44. The Hall–Kier alpha value is -6.42. The molecule has 1 unspecified atom stereocenters. The van der Waals surface area contributed by atoms with Crippen LogP contribution in [-0.2, 0) is 24.1 Å². The Morgan fingerprint density at radius 3 is 1.94 bits per heavy atom. The molecule has 0 aliphatic carbocycles. The predicted molar refractivity (Wildman–Crippen MR) is 267 cm³/mol. The minimum absolute atomic E-state index is 0.00116. The van der Waals surface area contributed by atoms with Crippen molar-refractivity contribution in [3.8, 4) is 28.7 Å². The van der Waals surface area contributed by atoms with Crippen LogP contribution in [-0.4, -0.2) is 65.9 Å². The Labute approximate surface area is 396 Å². The van der Waals surface area contributed by atoms with Gasteiger partial charge in [0.2, 0.25) is 0 Å². The number of rotatable bonds is 18. The first-order valence-corrected chi connectivity index (χ1v) is 24.1. The van der Waals surface area contributed by atoms with Gasteiger partial charge in [-0.15, -0.1) is 0 Å². The number of benzene rings is 7. The quantitative estimate of drug-likeness (QED) is 0.0383. The van der Waals surface area contributed by atoms with Crippen LogP contribution in [0.3, 0.4) is 0 Å². The fourth-order valence-corrected chi connectivity index (χ4v) is 11.4. The molecule has 0 bridgehead atoms. The summed E-state index contributed by atoms with van der Waals surface area (Å²) >= 11 is 0. The third kappa shape index (κ3) is 8.90. The van der Waals surface area contributed by atoms with E-state index in [4.69, 9.17) is 28.0 Å². The molecule has 1 aliphatic heterocycles. The minimum atomic E-state index is -1.74. The molecular formula is C55H55N4O8P. The van der Waals surface area contributed by atoms with Gasteiger partial charge >= 0.3 is 5.69 Å². The lowest BCUT2D eigenvalue weighted by Gasteiger charge is -2.39. The number of methoxy groups -OCH3 is 2. The Bertz CT molecular complexity index is 3100. The highest BCUT2D eigenvalue weighted by Gasteiger charge is 2.45. The lowest BCUT2D eigenvalue weighted by atomic mass is 9.80. The van der Waals surface area contributed by atoms with Gasteiger partial charge in [0.25, 0.3) is 14.1 Å². The zero-order valence-corrected chi connectivity index (χ0v) is 39.9. The van der Waals surface area contributed by atoms with E-state index in [1.807, 2.05) is 103 Å². The lowest BCUT2D eigenvalue weighted by molar-refractivity contribution is -0.0925. The average Bonchev–Trinajstić information content (AvgIpc) is 3.75.